The summed E-state index contributed by atoms with van der Waals surface area (Å²) in [5.41, 5.74) is 0. The SMILES string of the molecule is CCOCCCNc1cc(Cl)nc(C(F)(F)F)n1. The third-order valence-electron chi connectivity index (χ3n) is 1.92. The van der Waals surface area contributed by atoms with Crippen molar-refractivity contribution in [3.05, 3.63) is 17.0 Å². The first-order valence-corrected chi connectivity index (χ1v) is 5.74. The van der Waals surface area contributed by atoms with Crippen LogP contribution in [-0.2, 0) is 10.9 Å². The van der Waals surface area contributed by atoms with Crippen molar-refractivity contribution in [3.8, 4) is 0 Å². The number of aromatic nitrogens is 2. The van der Waals surface area contributed by atoms with Gasteiger partial charge in [0.05, 0.1) is 0 Å². The second kappa shape index (κ2) is 6.75. The summed E-state index contributed by atoms with van der Waals surface area (Å²) in [7, 11) is 0. The third kappa shape index (κ3) is 5.05. The molecule has 1 heterocycles. The van der Waals surface area contributed by atoms with Crippen molar-refractivity contribution in [2.24, 2.45) is 0 Å². The summed E-state index contributed by atoms with van der Waals surface area (Å²) in [6.07, 6.45) is -3.94. The van der Waals surface area contributed by atoms with Crippen LogP contribution in [0.2, 0.25) is 5.15 Å². The molecule has 1 N–H and O–H groups in total. The van der Waals surface area contributed by atoms with Gasteiger partial charge in [-0.05, 0) is 13.3 Å². The molecule has 0 aromatic carbocycles. The lowest BCUT2D eigenvalue weighted by molar-refractivity contribution is -0.144. The lowest BCUT2D eigenvalue weighted by atomic mass is 10.4. The molecular formula is C10H13ClF3N3O. The fourth-order valence-electron chi connectivity index (χ4n) is 1.17. The van der Waals surface area contributed by atoms with Gasteiger partial charge in [0.1, 0.15) is 11.0 Å². The second-order valence-corrected chi connectivity index (χ2v) is 3.76. The summed E-state index contributed by atoms with van der Waals surface area (Å²) in [4.78, 5) is 6.48. The van der Waals surface area contributed by atoms with Crippen molar-refractivity contribution < 1.29 is 17.9 Å². The third-order valence-corrected chi connectivity index (χ3v) is 2.12. The van der Waals surface area contributed by atoms with E-state index in [1.54, 1.807) is 0 Å². The highest BCUT2D eigenvalue weighted by Crippen LogP contribution is 2.28. The maximum atomic E-state index is 12.4. The highest BCUT2D eigenvalue weighted by molar-refractivity contribution is 6.29. The molecule has 0 aliphatic heterocycles. The van der Waals surface area contributed by atoms with E-state index in [2.05, 4.69) is 15.3 Å². The van der Waals surface area contributed by atoms with E-state index < -0.39 is 12.0 Å². The Hall–Kier alpha value is -1.08. The van der Waals surface area contributed by atoms with Gasteiger partial charge in [0.25, 0.3) is 0 Å². The molecule has 0 bridgehead atoms. The highest BCUT2D eigenvalue weighted by Gasteiger charge is 2.35. The molecule has 1 aromatic heterocycles. The standard InChI is InChI=1S/C10H13ClF3N3O/c1-2-18-5-3-4-15-8-6-7(11)16-9(17-8)10(12,13)14/h6H,2-5H2,1H3,(H,15,16,17). The first-order valence-electron chi connectivity index (χ1n) is 5.37. The Bertz CT molecular complexity index is 387. The first kappa shape index (κ1) is 15.0. The molecule has 0 atom stereocenters. The number of nitrogens with one attached hydrogen (secondary N) is 1. The van der Waals surface area contributed by atoms with E-state index in [4.69, 9.17) is 16.3 Å². The quantitative estimate of drug-likeness (QED) is 0.644. The van der Waals surface area contributed by atoms with E-state index in [1.807, 2.05) is 6.92 Å². The number of nitrogens with zero attached hydrogens (tertiary/aromatic N) is 2. The zero-order chi connectivity index (χ0) is 13.6. The summed E-state index contributed by atoms with van der Waals surface area (Å²) >= 11 is 5.50. The summed E-state index contributed by atoms with van der Waals surface area (Å²) in [5, 5.41) is 2.50. The number of hydrogen-bond donors (Lipinski definition) is 1. The highest BCUT2D eigenvalue weighted by atomic mass is 35.5. The minimum absolute atomic E-state index is 0.0545. The van der Waals surface area contributed by atoms with Crippen LogP contribution in [0.1, 0.15) is 19.2 Å². The number of halogens is 4. The van der Waals surface area contributed by atoms with Crippen LogP contribution >= 0.6 is 11.6 Å². The fraction of sp³-hybridized carbons (Fsp3) is 0.600. The van der Waals surface area contributed by atoms with Crippen LogP contribution in [0.3, 0.4) is 0 Å². The van der Waals surface area contributed by atoms with Crippen molar-refractivity contribution in [1.82, 2.24) is 9.97 Å². The smallest absolute Gasteiger partial charge is 0.382 e. The minimum atomic E-state index is -4.60. The average Bonchev–Trinajstić information content (AvgIpc) is 2.27. The first-order chi connectivity index (χ1) is 8.43. The van der Waals surface area contributed by atoms with E-state index in [9.17, 15) is 13.2 Å². The van der Waals surface area contributed by atoms with E-state index >= 15 is 0 Å². The van der Waals surface area contributed by atoms with Crippen LogP contribution in [0.15, 0.2) is 6.07 Å². The molecule has 0 spiro atoms. The van der Waals surface area contributed by atoms with Gasteiger partial charge in [-0.25, -0.2) is 9.97 Å². The molecule has 0 amide bonds. The molecule has 0 unspecified atom stereocenters. The van der Waals surface area contributed by atoms with Gasteiger partial charge in [0, 0.05) is 25.8 Å². The van der Waals surface area contributed by atoms with Gasteiger partial charge in [-0.3, -0.25) is 0 Å². The molecule has 4 nitrogen and oxygen atoms in total. The Balaban J connectivity index is 2.58. The Kier molecular flexibility index (Phi) is 5.61. The number of hydrogen-bond acceptors (Lipinski definition) is 4. The van der Waals surface area contributed by atoms with Crippen molar-refractivity contribution in [3.63, 3.8) is 0 Å². The number of alkyl halides is 3. The summed E-state index contributed by atoms with van der Waals surface area (Å²) in [6.45, 7) is 3.46. The van der Waals surface area contributed by atoms with Crippen LogP contribution in [-0.4, -0.2) is 29.7 Å². The van der Waals surface area contributed by atoms with Crippen LogP contribution in [0.25, 0.3) is 0 Å². The number of anilines is 1. The molecule has 8 heteroatoms. The van der Waals surface area contributed by atoms with Gasteiger partial charge in [-0.15, -0.1) is 0 Å². The van der Waals surface area contributed by atoms with Gasteiger partial charge >= 0.3 is 6.18 Å². The maximum absolute atomic E-state index is 12.4. The zero-order valence-electron chi connectivity index (χ0n) is 9.72. The number of rotatable bonds is 6. The molecule has 102 valence electrons. The molecule has 0 saturated carbocycles. The predicted octanol–water partition coefficient (Wildman–Crippen LogP) is 2.99. The maximum Gasteiger partial charge on any atom is 0.451 e. The van der Waals surface area contributed by atoms with Crippen molar-refractivity contribution in [1.29, 1.82) is 0 Å². The number of ether oxygens (including phenoxy) is 1. The Morgan fingerprint density at radius 2 is 2.11 bits per heavy atom. The molecule has 0 radical (unpaired) electrons. The van der Waals surface area contributed by atoms with Crippen LogP contribution < -0.4 is 5.32 Å². The summed E-state index contributed by atoms with van der Waals surface area (Å²) < 4.78 is 42.3. The lowest BCUT2D eigenvalue weighted by Gasteiger charge is -2.09. The molecular weight excluding hydrogens is 271 g/mol. The Morgan fingerprint density at radius 3 is 2.72 bits per heavy atom. The van der Waals surface area contributed by atoms with E-state index in [0.717, 1.165) is 0 Å². The zero-order valence-corrected chi connectivity index (χ0v) is 10.5. The monoisotopic (exact) mass is 283 g/mol. The molecule has 0 saturated heterocycles. The lowest BCUT2D eigenvalue weighted by Crippen LogP contribution is -2.14. The molecule has 0 aliphatic rings. The van der Waals surface area contributed by atoms with Gasteiger partial charge in [0.15, 0.2) is 0 Å². The molecule has 18 heavy (non-hydrogen) atoms. The predicted molar refractivity (Wildman–Crippen MR) is 61.6 cm³/mol. The molecule has 0 fully saturated rings. The van der Waals surface area contributed by atoms with Crippen LogP contribution in [0, 0.1) is 0 Å². The van der Waals surface area contributed by atoms with Gasteiger partial charge in [0.2, 0.25) is 5.82 Å². The van der Waals surface area contributed by atoms with Crippen LogP contribution in [0.4, 0.5) is 19.0 Å². The van der Waals surface area contributed by atoms with Crippen molar-refractivity contribution >= 4 is 17.4 Å². The van der Waals surface area contributed by atoms with E-state index in [1.165, 1.54) is 6.07 Å². The van der Waals surface area contributed by atoms with E-state index in [0.29, 0.717) is 26.2 Å². The van der Waals surface area contributed by atoms with Crippen LogP contribution in [0.5, 0.6) is 0 Å². The fourth-order valence-corrected chi connectivity index (χ4v) is 1.35. The average molecular weight is 284 g/mol. The molecule has 0 aliphatic carbocycles. The summed E-state index contributed by atoms with van der Waals surface area (Å²) in [5.74, 6) is -1.19. The van der Waals surface area contributed by atoms with E-state index in [-0.39, 0.29) is 11.0 Å². The van der Waals surface area contributed by atoms with Crippen molar-refractivity contribution in [2.45, 2.75) is 19.5 Å². The largest absolute Gasteiger partial charge is 0.451 e. The Labute approximate surface area is 108 Å². The molecule has 1 aromatic rings. The van der Waals surface area contributed by atoms with Gasteiger partial charge < -0.3 is 10.1 Å². The topological polar surface area (TPSA) is 47.0 Å². The van der Waals surface area contributed by atoms with Gasteiger partial charge in [-0.2, -0.15) is 13.2 Å². The van der Waals surface area contributed by atoms with Crippen molar-refractivity contribution in [2.75, 3.05) is 25.1 Å². The second-order valence-electron chi connectivity index (χ2n) is 3.37. The minimum Gasteiger partial charge on any atom is -0.382 e. The molecule has 1 rings (SSSR count). The Morgan fingerprint density at radius 1 is 1.39 bits per heavy atom. The summed E-state index contributed by atoms with van der Waals surface area (Å²) in [6, 6.07) is 1.25. The normalized spacial score (nSPS) is 11.6. The van der Waals surface area contributed by atoms with Gasteiger partial charge in [-0.1, -0.05) is 11.6 Å².